The van der Waals surface area contributed by atoms with Crippen molar-refractivity contribution in [2.45, 2.75) is 18.9 Å². The molecule has 3 rings (SSSR count). The summed E-state index contributed by atoms with van der Waals surface area (Å²) in [7, 11) is 0. The van der Waals surface area contributed by atoms with Crippen LogP contribution in [-0.4, -0.2) is 17.0 Å². The molecule has 138 valence electrons. The maximum atomic E-state index is 12.9. The molecule has 0 aliphatic heterocycles. The minimum absolute atomic E-state index is 0.197. The molecule has 1 unspecified atom stereocenters. The van der Waals surface area contributed by atoms with Gasteiger partial charge in [0.25, 0.3) is 0 Å². The number of benzene rings is 2. The van der Waals surface area contributed by atoms with Gasteiger partial charge in [-0.3, -0.25) is 4.79 Å². The summed E-state index contributed by atoms with van der Waals surface area (Å²) in [6, 6.07) is 13.6. The van der Waals surface area contributed by atoms with Crippen LogP contribution in [0.5, 0.6) is 0 Å². The number of allylic oxidation sites excluding steroid dienone is 1. The van der Waals surface area contributed by atoms with Crippen LogP contribution >= 0.6 is 0 Å². The first-order valence-corrected chi connectivity index (χ1v) is 8.56. The largest absolute Gasteiger partial charge is 0.388 e. The summed E-state index contributed by atoms with van der Waals surface area (Å²) in [6.45, 7) is 0. The zero-order valence-electron chi connectivity index (χ0n) is 14.8. The van der Waals surface area contributed by atoms with E-state index < -0.39 is 6.10 Å². The molecular weight excluding hydrogens is 356 g/mol. The fourth-order valence-corrected chi connectivity index (χ4v) is 2.96. The molecule has 0 bridgehead atoms. The van der Waals surface area contributed by atoms with Gasteiger partial charge < -0.3 is 5.11 Å². The standard InChI is InChI=1S/C20H16N6O2/c21-25-23-16-6-1-13(2-7-16)11-15-5-10-19(27)18(20(15)28)12-14-3-8-17(9-4-14)24-26-22/h1-4,6-9,11-12,19,27H,5,10H2. The molecule has 0 heterocycles. The molecule has 1 aliphatic carbocycles. The number of ketones is 1. The summed E-state index contributed by atoms with van der Waals surface area (Å²) in [5.74, 6) is -0.197. The van der Waals surface area contributed by atoms with Crippen LogP contribution in [0.3, 0.4) is 0 Å². The highest BCUT2D eigenvalue weighted by Crippen LogP contribution is 2.29. The van der Waals surface area contributed by atoms with Gasteiger partial charge in [-0.15, -0.1) is 0 Å². The van der Waals surface area contributed by atoms with Gasteiger partial charge in [0.15, 0.2) is 5.78 Å². The number of carbonyl (C=O) groups excluding carboxylic acids is 1. The van der Waals surface area contributed by atoms with Crippen LogP contribution in [0.25, 0.3) is 33.0 Å². The Hall–Kier alpha value is -3.83. The van der Waals surface area contributed by atoms with E-state index in [0.717, 1.165) is 11.1 Å². The minimum atomic E-state index is -0.825. The fourth-order valence-electron chi connectivity index (χ4n) is 2.96. The molecule has 1 fully saturated rings. The molecule has 1 atom stereocenters. The van der Waals surface area contributed by atoms with Gasteiger partial charge in [0.05, 0.1) is 6.10 Å². The second-order valence-electron chi connectivity index (χ2n) is 6.21. The fraction of sp³-hybridized carbons (Fsp3) is 0.150. The molecular formula is C20H16N6O2. The van der Waals surface area contributed by atoms with E-state index in [1.54, 1.807) is 60.7 Å². The molecule has 2 aromatic rings. The summed E-state index contributed by atoms with van der Waals surface area (Å²) < 4.78 is 0. The van der Waals surface area contributed by atoms with Crippen molar-refractivity contribution >= 4 is 29.3 Å². The zero-order valence-corrected chi connectivity index (χ0v) is 14.8. The molecule has 28 heavy (non-hydrogen) atoms. The van der Waals surface area contributed by atoms with E-state index in [1.807, 2.05) is 0 Å². The zero-order chi connectivity index (χ0) is 19.9. The Morgan fingerprint density at radius 3 is 1.89 bits per heavy atom. The van der Waals surface area contributed by atoms with Gasteiger partial charge in [-0.1, -0.05) is 58.8 Å². The van der Waals surface area contributed by atoms with E-state index in [-0.39, 0.29) is 5.78 Å². The number of Topliss-reactive ketones (excluding diaryl/α,β-unsaturated/α-hetero) is 1. The number of carbonyl (C=O) groups is 1. The van der Waals surface area contributed by atoms with Crippen LogP contribution < -0.4 is 0 Å². The minimum Gasteiger partial charge on any atom is -0.388 e. The van der Waals surface area contributed by atoms with E-state index >= 15 is 0 Å². The van der Waals surface area contributed by atoms with Crippen LogP contribution in [-0.2, 0) is 4.79 Å². The maximum Gasteiger partial charge on any atom is 0.187 e. The smallest absolute Gasteiger partial charge is 0.187 e. The summed E-state index contributed by atoms with van der Waals surface area (Å²) in [6.07, 6.45) is 3.55. The second-order valence-corrected chi connectivity index (χ2v) is 6.21. The second kappa shape index (κ2) is 8.70. The molecule has 2 aromatic carbocycles. The Labute approximate surface area is 160 Å². The van der Waals surface area contributed by atoms with Gasteiger partial charge in [-0.05, 0) is 47.2 Å². The average Bonchev–Trinajstić information content (AvgIpc) is 2.70. The highest BCUT2D eigenvalue weighted by Gasteiger charge is 2.27. The number of nitrogens with zero attached hydrogens (tertiary/aromatic N) is 6. The van der Waals surface area contributed by atoms with Crippen molar-refractivity contribution in [2.24, 2.45) is 10.2 Å². The van der Waals surface area contributed by atoms with E-state index in [1.165, 1.54) is 0 Å². The first-order chi connectivity index (χ1) is 13.6. The van der Waals surface area contributed by atoms with Crippen LogP contribution in [0.4, 0.5) is 11.4 Å². The maximum absolute atomic E-state index is 12.9. The Bertz CT molecular complexity index is 1040. The van der Waals surface area contributed by atoms with Crippen molar-refractivity contribution in [2.75, 3.05) is 0 Å². The topological polar surface area (TPSA) is 135 Å². The predicted octanol–water partition coefficient (Wildman–Crippen LogP) is 5.76. The van der Waals surface area contributed by atoms with Gasteiger partial charge >= 0.3 is 0 Å². The van der Waals surface area contributed by atoms with E-state index in [2.05, 4.69) is 20.1 Å². The lowest BCUT2D eigenvalue weighted by molar-refractivity contribution is -0.114. The van der Waals surface area contributed by atoms with Gasteiger partial charge in [-0.2, -0.15) is 0 Å². The molecule has 0 saturated heterocycles. The molecule has 1 saturated carbocycles. The normalized spacial score (nSPS) is 19.2. The molecule has 0 aromatic heterocycles. The quantitative estimate of drug-likeness (QED) is 0.316. The summed E-state index contributed by atoms with van der Waals surface area (Å²) in [5.41, 5.74) is 20.4. The van der Waals surface area contributed by atoms with Gasteiger partial charge in [0, 0.05) is 32.3 Å². The molecule has 1 aliphatic rings. The third-order valence-corrected chi connectivity index (χ3v) is 4.37. The average molecular weight is 372 g/mol. The molecule has 1 N–H and O–H groups in total. The van der Waals surface area contributed by atoms with Crippen LogP contribution in [0.15, 0.2) is 69.9 Å². The Kier molecular flexibility index (Phi) is 5.89. The highest BCUT2D eigenvalue weighted by molar-refractivity contribution is 6.14. The monoisotopic (exact) mass is 372 g/mol. The summed E-state index contributed by atoms with van der Waals surface area (Å²) in [4.78, 5) is 18.3. The van der Waals surface area contributed by atoms with E-state index in [0.29, 0.717) is 35.4 Å². The van der Waals surface area contributed by atoms with Crippen molar-refractivity contribution < 1.29 is 9.90 Å². The number of rotatable bonds is 4. The molecule has 0 spiro atoms. The van der Waals surface area contributed by atoms with Crippen LogP contribution in [0.2, 0.25) is 0 Å². The Morgan fingerprint density at radius 2 is 1.39 bits per heavy atom. The van der Waals surface area contributed by atoms with Gasteiger partial charge in [0.1, 0.15) is 0 Å². The molecule has 0 radical (unpaired) electrons. The predicted molar refractivity (Wildman–Crippen MR) is 107 cm³/mol. The lowest BCUT2D eigenvalue weighted by Crippen LogP contribution is -2.25. The SMILES string of the molecule is [N-]=[N+]=Nc1ccc(C=C2CCC(O)C(=Cc3ccc(N=[N+]=[N-])cc3)C2=O)cc1. The lowest BCUT2D eigenvalue weighted by atomic mass is 9.85. The number of aliphatic hydroxyl groups is 1. The summed E-state index contributed by atoms with van der Waals surface area (Å²) >= 11 is 0. The first-order valence-electron chi connectivity index (χ1n) is 8.56. The highest BCUT2D eigenvalue weighted by atomic mass is 16.3. The Balaban J connectivity index is 1.87. The molecule has 8 nitrogen and oxygen atoms in total. The Morgan fingerprint density at radius 1 is 0.893 bits per heavy atom. The third-order valence-electron chi connectivity index (χ3n) is 4.37. The van der Waals surface area contributed by atoms with Crippen molar-refractivity contribution in [3.05, 3.63) is 91.7 Å². The number of azide groups is 2. The van der Waals surface area contributed by atoms with Crippen molar-refractivity contribution in [1.82, 2.24) is 0 Å². The third kappa shape index (κ3) is 4.47. The molecule has 0 amide bonds. The first kappa shape index (κ1) is 18.9. The lowest BCUT2D eigenvalue weighted by Gasteiger charge is -2.22. The van der Waals surface area contributed by atoms with Crippen molar-refractivity contribution in [3.63, 3.8) is 0 Å². The van der Waals surface area contributed by atoms with Crippen LogP contribution in [0.1, 0.15) is 24.0 Å². The van der Waals surface area contributed by atoms with E-state index in [4.69, 9.17) is 11.1 Å². The number of aliphatic hydroxyl groups excluding tert-OH is 1. The number of hydrogen-bond donors (Lipinski definition) is 1. The summed E-state index contributed by atoms with van der Waals surface area (Å²) in [5, 5.41) is 17.3. The van der Waals surface area contributed by atoms with Gasteiger partial charge in [0.2, 0.25) is 0 Å². The van der Waals surface area contributed by atoms with Gasteiger partial charge in [-0.25, -0.2) is 0 Å². The molecule has 8 heteroatoms. The van der Waals surface area contributed by atoms with Crippen LogP contribution in [0, 0.1) is 0 Å². The number of hydrogen-bond acceptors (Lipinski definition) is 4. The van der Waals surface area contributed by atoms with Crippen molar-refractivity contribution in [1.29, 1.82) is 0 Å². The van der Waals surface area contributed by atoms with E-state index in [9.17, 15) is 9.90 Å². The van der Waals surface area contributed by atoms with Crippen molar-refractivity contribution in [3.8, 4) is 0 Å².